The van der Waals surface area contributed by atoms with Crippen LogP contribution in [0, 0.1) is 5.92 Å². The second kappa shape index (κ2) is 11.0. The summed E-state index contributed by atoms with van der Waals surface area (Å²) in [5, 5.41) is 7.42. The average Bonchev–Trinajstić information content (AvgIpc) is 3.76. The van der Waals surface area contributed by atoms with Crippen LogP contribution in [0.25, 0.3) is 88.8 Å². The van der Waals surface area contributed by atoms with E-state index in [0.29, 0.717) is 23.5 Å². The molecule has 2 unspecified atom stereocenters. The van der Waals surface area contributed by atoms with E-state index in [9.17, 15) is 0 Å². The molecule has 0 saturated heterocycles. The predicted molar refractivity (Wildman–Crippen MR) is 230 cm³/mol. The van der Waals surface area contributed by atoms with Crippen LogP contribution in [0.5, 0.6) is 0 Å². The molecule has 5 heteroatoms. The zero-order valence-corrected chi connectivity index (χ0v) is 31.9. The van der Waals surface area contributed by atoms with Crippen LogP contribution in [0.2, 0.25) is 0 Å². The van der Waals surface area contributed by atoms with Gasteiger partial charge in [0.1, 0.15) is 0 Å². The first-order valence-electron chi connectivity index (χ1n) is 19.8. The summed E-state index contributed by atoms with van der Waals surface area (Å²) >= 11 is 0. The highest BCUT2D eigenvalue weighted by atomic mass is 15.2. The summed E-state index contributed by atoms with van der Waals surface area (Å²) in [5.41, 5.74) is 12.3. The first-order chi connectivity index (χ1) is 27.3. The first-order valence-corrected chi connectivity index (χ1v) is 19.8. The summed E-state index contributed by atoms with van der Waals surface area (Å²) in [6.45, 7) is 9.84. The summed E-state index contributed by atoms with van der Waals surface area (Å²) in [4.78, 5) is 15.6. The molecular weight excluding hydrogens is 683 g/mol. The van der Waals surface area contributed by atoms with Crippen molar-refractivity contribution in [2.45, 2.75) is 44.9 Å². The van der Waals surface area contributed by atoms with Gasteiger partial charge < -0.3 is 4.57 Å². The lowest BCUT2D eigenvalue weighted by Gasteiger charge is -2.51. The highest BCUT2D eigenvalue weighted by molar-refractivity contribution is 6.33. The van der Waals surface area contributed by atoms with Crippen molar-refractivity contribution in [2.75, 3.05) is 0 Å². The van der Waals surface area contributed by atoms with Gasteiger partial charge in [0.05, 0.1) is 27.8 Å². The van der Waals surface area contributed by atoms with Gasteiger partial charge in [0, 0.05) is 38.1 Å². The van der Waals surface area contributed by atoms with Gasteiger partial charge in [-0.25, -0.2) is 4.98 Å². The van der Waals surface area contributed by atoms with Gasteiger partial charge in [0.25, 0.3) is 0 Å². The molecule has 0 N–H and O–H groups in total. The van der Waals surface area contributed by atoms with Gasteiger partial charge in [-0.05, 0) is 69.5 Å². The molecular formula is C51H39N5. The van der Waals surface area contributed by atoms with E-state index in [1.54, 1.807) is 0 Å². The molecule has 0 spiro atoms. The standard InChI is InChI=1S/C51H39N5/c1-30-29-50(2,3)36-22-14-24-41-45(36)51(30,4)37-23-13-21-35-43-38(55(41)46(35)37)27-28-40-44(43)42-34-20-12-11-15-31(34)25-26-39(42)56(40)49-53-47(32-16-7-5-8-17-32)52-48(54-49)33-18-9-6-10-19-33/h5-28,30H,29H2,1-4H3. The topological polar surface area (TPSA) is 48.5 Å². The fraction of sp³-hybridized carbons (Fsp3) is 0.157. The van der Waals surface area contributed by atoms with Gasteiger partial charge in [0.15, 0.2) is 11.6 Å². The van der Waals surface area contributed by atoms with Gasteiger partial charge in [-0.1, -0.05) is 149 Å². The van der Waals surface area contributed by atoms with Gasteiger partial charge in [-0.2, -0.15) is 9.97 Å². The van der Waals surface area contributed by atoms with Crippen molar-refractivity contribution < 1.29 is 0 Å². The zero-order valence-electron chi connectivity index (χ0n) is 31.9. The van der Waals surface area contributed by atoms with Crippen molar-refractivity contribution in [1.29, 1.82) is 0 Å². The normalized spacial score (nSPS) is 18.3. The molecule has 7 aromatic carbocycles. The SMILES string of the molecule is CC1CC(C)(C)c2cccc3c2C1(C)c1cccc2c4c5c6c7ccccc7ccc6n(-c6nc(-c7ccccc7)nc(-c7ccccc7)n6)c5ccc4n-3c12. The van der Waals surface area contributed by atoms with Crippen molar-refractivity contribution in [3.63, 3.8) is 0 Å². The Morgan fingerprint density at radius 3 is 1.82 bits per heavy atom. The third kappa shape index (κ3) is 4.02. The molecule has 0 amide bonds. The molecule has 0 saturated carbocycles. The van der Waals surface area contributed by atoms with Crippen LogP contribution in [0.1, 0.15) is 50.8 Å². The maximum atomic E-state index is 5.27. The van der Waals surface area contributed by atoms with E-state index in [-0.39, 0.29) is 10.8 Å². The molecule has 0 radical (unpaired) electrons. The van der Waals surface area contributed by atoms with Gasteiger partial charge in [0.2, 0.25) is 5.95 Å². The Kier molecular flexibility index (Phi) is 6.24. The molecule has 12 rings (SSSR count). The third-order valence-corrected chi connectivity index (χ3v) is 13.4. The van der Waals surface area contributed by atoms with Crippen LogP contribution in [0.3, 0.4) is 0 Å². The minimum absolute atomic E-state index is 0.0833. The van der Waals surface area contributed by atoms with Gasteiger partial charge in [-0.3, -0.25) is 4.57 Å². The zero-order chi connectivity index (χ0) is 37.5. The molecule has 2 aliphatic rings. The number of fused-ring (bicyclic) bond motifs is 11. The molecule has 10 aromatic rings. The summed E-state index contributed by atoms with van der Waals surface area (Å²) in [6, 6.07) is 52.5. The van der Waals surface area contributed by atoms with Gasteiger partial charge in [-0.15, -0.1) is 0 Å². The van der Waals surface area contributed by atoms with Gasteiger partial charge >= 0.3 is 0 Å². The van der Waals surface area contributed by atoms with E-state index in [2.05, 4.69) is 146 Å². The number of nitrogens with zero attached hydrogens (tertiary/aromatic N) is 5. The first kappa shape index (κ1) is 31.7. The number of hydrogen-bond donors (Lipinski definition) is 0. The molecule has 1 aliphatic carbocycles. The van der Waals surface area contributed by atoms with Crippen LogP contribution in [-0.4, -0.2) is 24.1 Å². The van der Waals surface area contributed by atoms with E-state index in [1.165, 1.54) is 65.7 Å². The number of rotatable bonds is 3. The number of hydrogen-bond acceptors (Lipinski definition) is 3. The van der Waals surface area contributed by atoms with Crippen molar-refractivity contribution in [3.8, 4) is 34.4 Å². The highest BCUT2D eigenvalue weighted by Crippen LogP contribution is 2.59. The molecule has 56 heavy (non-hydrogen) atoms. The van der Waals surface area contributed by atoms with E-state index in [4.69, 9.17) is 15.0 Å². The number of aromatic nitrogens is 5. The van der Waals surface area contributed by atoms with E-state index in [1.807, 2.05) is 36.4 Å². The van der Waals surface area contributed by atoms with Crippen LogP contribution in [-0.2, 0) is 10.8 Å². The molecule has 2 atom stereocenters. The van der Waals surface area contributed by atoms with Crippen LogP contribution >= 0.6 is 0 Å². The Labute approximate surface area is 324 Å². The van der Waals surface area contributed by atoms with E-state index in [0.717, 1.165) is 28.6 Å². The Bertz CT molecular complexity index is 3220. The second-order valence-electron chi connectivity index (χ2n) is 16.8. The summed E-state index contributed by atoms with van der Waals surface area (Å²) in [6.07, 6.45) is 1.14. The van der Waals surface area contributed by atoms with Crippen LogP contribution in [0.15, 0.2) is 146 Å². The fourth-order valence-electron chi connectivity index (χ4n) is 10.8. The largest absolute Gasteiger partial charge is 0.309 e. The molecule has 4 heterocycles. The van der Waals surface area contributed by atoms with Crippen molar-refractivity contribution >= 4 is 54.4 Å². The van der Waals surface area contributed by atoms with E-state index < -0.39 is 0 Å². The third-order valence-electron chi connectivity index (χ3n) is 13.4. The summed E-state index contributed by atoms with van der Waals surface area (Å²) < 4.78 is 4.87. The van der Waals surface area contributed by atoms with Crippen LogP contribution < -0.4 is 0 Å². The average molecular weight is 722 g/mol. The quantitative estimate of drug-likeness (QED) is 0.182. The predicted octanol–water partition coefficient (Wildman–Crippen LogP) is 12.5. The van der Waals surface area contributed by atoms with E-state index >= 15 is 0 Å². The maximum Gasteiger partial charge on any atom is 0.238 e. The number of benzene rings is 7. The molecule has 1 aliphatic heterocycles. The van der Waals surface area contributed by atoms with Crippen molar-refractivity contribution in [3.05, 3.63) is 162 Å². The Balaban J connectivity index is 1.26. The van der Waals surface area contributed by atoms with Crippen LogP contribution in [0.4, 0.5) is 0 Å². The minimum Gasteiger partial charge on any atom is -0.309 e. The molecule has 5 nitrogen and oxygen atoms in total. The lowest BCUT2D eigenvalue weighted by atomic mass is 9.54. The van der Waals surface area contributed by atoms with Crippen molar-refractivity contribution in [1.82, 2.24) is 24.1 Å². The number of para-hydroxylation sites is 1. The lowest BCUT2D eigenvalue weighted by Crippen LogP contribution is -2.45. The monoisotopic (exact) mass is 721 g/mol. The summed E-state index contributed by atoms with van der Waals surface area (Å²) in [5.74, 6) is 2.36. The second-order valence-corrected chi connectivity index (χ2v) is 16.8. The Morgan fingerprint density at radius 1 is 0.518 bits per heavy atom. The highest BCUT2D eigenvalue weighted by Gasteiger charge is 2.50. The molecule has 0 bridgehead atoms. The lowest BCUT2D eigenvalue weighted by molar-refractivity contribution is 0.250. The molecule has 3 aromatic heterocycles. The molecule has 0 fully saturated rings. The Morgan fingerprint density at radius 2 is 1.09 bits per heavy atom. The van der Waals surface area contributed by atoms with Crippen molar-refractivity contribution in [2.24, 2.45) is 5.92 Å². The minimum atomic E-state index is -0.113. The smallest absolute Gasteiger partial charge is 0.238 e. The maximum absolute atomic E-state index is 5.27. The fourth-order valence-corrected chi connectivity index (χ4v) is 10.8. The molecule has 268 valence electrons. The summed E-state index contributed by atoms with van der Waals surface area (Å²) in [7, 11) is 0. The Hall–Kier alpha value is -6.59.